The number of carbonyl (C=O) groups is 1. The average Bonchev–Trinajstić information content (AvgIpc) is 2.82. The third-order valence-electron chi connectivity index (χ3n) is 5.19. The number of nitrogens with one attached hydrogen (secondary N) is 1. The number of halogens is 6. The van der Waals surface area contributed by atoms with Gasteiger partial charge in [-0.25, -0.2) is 20.4 Å². The Bertz CT molecular complexity index is 1070. The van der Waals surface area contributed by atoms with E-state index in [4.69, 9.17) is 4.84 Å². The third-order valence-corrected chi connectivity index (χ3v) is 5.19. The van der Waals surface area contributed by atoms with E-state index in [1.807, 2.05) is 0 Å². The number of hydrogen-bond acceptors (Lipinski definition) is 7. The predicted molar refractivity (Wildman–Crippen MR) is 110 cm³/mol. The molecule has 35 heavy (non-hydrogen) atoms. The van der Waals surface area contributed by atoms with Gasteiger partial charge in [-0.2, -0.15) is 26.3 Å². The lowest BCUT2D eigenvalue weighted by Crippen LogP contribution is -2.35. The first kappa shape index (κ1) is 26.2. The molecule has 0 bridgehead atoms. The molecule has 1 atom stereocenters. The van der Waals surface area contributed by atoms with Crippen molar-refractivity contribution in [1.82, 2.24) is 20.4 Å². The van der Waals surface area contributed by atoms with Crippen molar-refractivity contribution in [2.75, 3.05) is 31.7 Å². The highest BCUT2D eigenvalue weighted by Crippen LogP contribution is 2.36. The van der Waals surface area contributed by atoms with Crippen LogP contribution < -0.4 is 15.1 Å². The molecule has 8 nitrogen and oxygen atoms in total. The monoisotopic (exact) mass is 505 g/mol. The molecular formula is C21H21F6N5O3. The van der Waals surface area contributed by atoms with Crippen molar-refractivity contribution < 1.29 is 40.7 Å². The number of nitrogens with zero attached hydrogens (tertiary/aromatic N) is 4. The standard InChI is InChI=1S/C21H21F6N5O3/c1-12(14-7-16(21(25,26)27)18(34-2)28-8-14)11-35-31-17(33)13-3-5-32(6-4-13)19-29-9-15(10-30-19)20(22,23)24/h3,7-10,12H,4-6,11H2,1-2H3,(H,31,33). The van der Waals surface area contributed by atoms with Gasteiger partial charge in [0.25, 0.3) is 5.91 Å². The van der Waals surface area contributed by atoms with E-state index in [1.165, 1.54) is 6.20 Å². The average molecular weight is 505 g/mol. The maximum absolute atomic E-state index is 13.2. The number of hydroxylamine groups is 1. The molecule has 190 valence electrons. The molecule has 1 aliphatic rings. The molecule has 1 N–H and O–H groups in total. The number of hydrogen-bond donors (Lipinski definition) is 1. The van der Waals surface area contributed by atoms with Gasteiger partial charge in [0, 0.05) is 43.2 Å². The van der Waals surface area contributed by atoms with Crippen LogP contribution >= 0.6 is 0 Å². The van der Waals surface area contributed by atoms with Crippen LogP contribution in [0.1, 0.15) is 36.0 Å². The SMILES string of the molecule is COc1ncc(C(C)CONC(=O)C2=CCN(c3ncc(C(F)(F)F)cn3)CC2)cc1C(F)(F)F. The first-order valence-electron chi connectivity index (χ1n) is 10.3. The number of alkyl halides is 6. The van der Waals surface area contributed by atoms with Gasteiger partial charge in [-0.3, -0.25) is 9.63 Å². The molecule has 2 aromatic rings. The van der Waals surface area contributed by atoms with E-state index in [0.29, 0.717) is 24.5 Å². The van der Waals surface area contributed by atoms with E-state index >= 15 is 0 Å². The second-order valence-electron chi connectivity index (χ2n) is 7.66. The largest absolute Gasteiger partial charge is 0.481 e. The number of aromatic nitrogens is 3. The minimum atomic E-state index is -4.64. The zero-order chi connectivity index (χ0) is 25.8. The van der Waals surface area contributed by atoms with Gasteiger partial charge in [0.05, 0.1) is 19.3 Å². The van der Waals surface area contributed by atoms with Crippen molar-refractivity contribution in [2.45, 2.75) is 31.6 Å². The predicted octanol–water partition coefficient (Wildman–Crippen LogP) is 3.91. The zero-order valence-electron chi connectivity index (χ0n) is 18.6. The van der Waals surface area contributed by atoms with Crippen LogP contribution in [0.5, 0.6) is 5.88 Å². The Hall–Kier alpha value is -3.42. The Morgan fingerprint density at radius 2 is 1.80 bits per heavy atom. The summed E-state index contributed by atoms with van der Waals surface area (Å²) in [7, 11) is 1.09. The van der Waals surface area contributed by atoms with E-state index in [0.717, 1.165) is 13.2 Å². The Labute approximate surface area is 195 Å². The quantitative estimate of drug-likeness (QED) is 0.451. The maximum atomic E-state index is 13.2. The Kier molecular flexibility index (Phi) is 7.83. The van der Waals surface area contributed by atoms with E-state index in [2.05, 4.69) is 25.2 Å². The fourth-order valence-electron chi connectivity index (χ4n) is 3.19. The number of amides is 1. The molecule has 2 aromatic heterocycles. The number of methoxy groups -OCH3 is 1. The highest BCUT2D eigenvalue weighted by molar-refractivity contribution is 5.93. The van der Waals surface area contributed by atoms with Crippen LogP contribution in [0.2, 0.25) is 0 Å². The summed E-state index contributed by atoms with van der Waals surface area (Å²) in [6, 6.07) is 0.920. The zero-order valence-corrected chi connectivity index (χ0v) is 18.6. The number of anilines is 1. The molecule has 0 saturated heterocycles. The van der Waals surface area contributed by atoms with Crippen molar-refractivity contribution in [3.8, 4) is 5.88 Å². The topological polar surface area (TPSA) is 89.5 Å². The summed E-state index contributed by atoms with van der Waals surface area (Å²) in [5.41, 5.74) is 0.908. The summed E-state index contributed by atoms with van der Waals surface area (Å²) in [5, 5.41) is 0. The van der Waals surface area contributed by atoms with E-state index in [9.17, 15) is 31.1 Å². The molecule has 0 aromatic carbocycles. The van der Waals surface area contributed by atoms with Gasteiger partial charge < -0.3 is 9.64 Å². The van der Waals surface area contributed by atoms with Crippen LogP contribution in [0.3, 0.4) is 0 Å². The lowest BCUT2D eigenvalue weighted by molar-refractivity contribution is -0.139. The van der Waals surface area contributed by atoms with Crippen molar-refractivity contribution in [3.63, 3.8) is 0 Å². The summed E-state index contributed by atoms with van der Waals surface area (Å²) in [4.78, 5) is 30.2. The minimum absolute atomic E-state index is 0.102. The number of carbonyl (C=O) groups excluding carboxylic acids is 1. The van der Waals surface area contributed by atoms with Gasteiger partial charge in [0.2, 0.25) is 11.8 Å². The highest BCUT2D eigenvalue weighted by atomic mass is 19.4. The molecule has 0 radical (unpaired) electrons. The van der Waals surface area contributed by atoms with E-state index in [-0.39, 0.29) is 31.1 Å². The van der Waals surface area contributed by atoms with Crippen LogP contribution in [0.15, 0.2) is 36.3 Å². The molecule has 3 rings (SSSR count). The second kappa shape index (κ2) is 10.5. The molecule has 3 heterocycles. The Morgan fingerprint density at radius 1 is 1.11 bits per heavy atom. The Morgan fingerprint density at radius 3 is 2.34 bits per heavy atom. The first-order chi connectivity index (χ1) is 16.4. The molecule has 0 aliphatic carbocycles. The molecule has 0 spiro atoms. The van der Waals surface area contributed by atoms with Crippen LogP contribution in [0.4, 0.5) is 32.3 Å². The number of rotatable bonds is 7. The number of ether oxygens (including phenoxy) is 1. The molecule has 0 saturated carbocycles. The van der Waals surface area contributed by atoms with Crippen molar-refractivity contribution >= 4 is 11.9 Å². The minimum Gasteiger partial charge on any atom is -0.481 e. The smallest absolute Gasteiger partial charge is 0.421 e. The second-order valence-corrected chi connectivity index (χ2v) is 7.66. The fourth-order valence-corrected chi connectivity index (χ4v) is 3.19. The van der Waals surface area contributed by atoms with Crippen molar-refractivity contribution in [2.24, 2.45) is 0 Å². The van der Waals surface area contributed by atoms with E-state index in [1.54, 1.807) is 17.9 Å². The lowest BCUT2D eigenvalue weighted by Gasteiger charge is -2.26. The normalized spacial score (nSPS) is 15.4. The summed E-state index contributed by atoms with van der Waals surface area (Å²) >= 11 is 0. The summed E-state index contributed by atoms with van der Waals surface area (Å²) in [6.07, 6.45) is -4.73. The van der Waals surface area contributed by atoms with Crippen molar-refractivity contribution in [1.29, 1.82) is 0 Å². The van der Waals surface area contributed by atoms with Crippen LogP contribution in [0.25, 0.3) is 0 Å². The highest BCUT2D eigenvalue weighted by Gasteiger charge is 2.36. The molecule has 1 aliphatic heterocycles. The first-order valence-corrected chi connectivity index (χ1v) is 10.3. The van der Waals surface area contributed by atoms with Gasteiger partial charge in [0.1, 0.15) is 5.56 Å². The van der Waals surface area contributed by atoms with Crippen molar-refractivity contribution in [3.05, 3.63) is 53.0 Å². The number of pyridine rings is 1. The third kappa shape index (κ3) is 6.59. The van der Waals surface area contributed by atoms with E-state index < -0.39 is 41.2 Å². The summed E-state index contributed by atoms with van der Waals surface area (Å²) in [5.74, 6) is -1.50. The lowest BCUT2D eigenvalue weighted by atomic mass is 10.0. The van der Waals surface area contributed by atoms with Gasteiger partial charge in [-0.05, 0) is 18.1 Å². The maximum Gasteiger partial charge on any atom is 0.421 e. The van der Waals surface area contributed by atoms with Crippen LogP contribution in [0, 0.1) is 0 Å². The van der Waals surface area contributed by atoms with Gasteiger partial charge in [-0.1, -0.05) is 13.0 Å². The molecule has 1 unspecified atom stereocenters. The molecular weight excluding hydrogens is 484 g/mol. The molecule has 14 heteroatoms. The van der Waals surface area contributed by atoms with Crippen LogP contribution in [-0.4, -0.2) is 47.7 Å². The fraction of sp³-hybridized carbons (Fsp3) is 0.429. The van der Waals surface area contributed by atoms with Gasteiger partial charge in [-0.15, -0.1) is 0 Å². The van der Waals surface area contributed by atoms with Crippen LogP contribution in [-0.2, 0) is 22.0 Å². The Balaban J connectivity index is 1.52. The van der Waals surface area contributed by atoms with Gasteiger partial charge in [0.15, 0.2) is 0 Å². The molecule has 0 fully saturated rings. The summed E-state index contributed by atoms with van der Waals surface area (Å²) < 4.78 is 82.1. The summed E-state index contributed by atoms with van der Waals surface area (Å²) in [6.45, 7) is 1.98. The molecule has 1 amide bonds. The van der Waals surface area contributed by atoms with Gasteiger partial charge >= 0.3 is 12.4 Å².